The summed E-state index contributed by atoms with van der Waals surface area (Å²) in [7, 11) is 0. The second-order valence-electron chi connectivity index (χ2n) is 5.40. The Morgan fingerprint density at radius 2 is 1.72 bits per heavy atom. The number of carbonyl (C=O) groups is 2. The Hall–Kier alpha value is -2.86. The number of halogens is 1. The molecule has 5 nitrogen and oxygen atoms in total. The van der Waals surface area contributed by atoms with E-state index in [1.54, 1.807) is 18.2 Å². The minimum atomic E-state index is -0.570. The van der Waals surface area contributed by atoms with Gasteiger partial charge in [0.05, 0.1) is 6.54 Å². The Bertz CT molecular complexity index is 916. The normalized spacial score (nSPS) is 10.4. The number of benzene rings is 2. The molecule has 3 rings (SSSR count). The van der Waals surface area contributed by atoms with Gasteiger partial charge in [-0.3, -0.25) is 9.59 Å². The average Bonchev–Trinajstić information content (AvgIpc) is 3.09. The summed E-state index contributed by atoms with van der Waals surface area (Å²) in [5, 5.41) is 2.76. The monoisotopic (exact) mass is 398 g/mol. The lowest BCUT2D eigenvalue weighted by Crippen LogP contribution is -2.23. The van der Waals surface area contributed by atoms with Crippen molar-refractivity contribution in [2.24, 2.45) is 5.73 Å². The number of carbonyl (C=O) groups excluding carboxylic acids is 2. The number of nitrogens with two attached hydrogens (primary N) is 1. The van der Waals surface area contributed by atoms with E-state index in [1.165, 1.54) is 6.07 Å². The number of hydrogen-bond acceptors (Lipinski definition) is 3. The first-order valence-corrected chi connectivity index (χ1v) is 8.35. The third kappa shape index (κ3) is 4.16. The van der Waals surface area contributed by atoms with Crippen LogP contribution in [0.25, 0.3) is 11.3 Å². The van der Waals surface area contributed by atoms with Gasteiger partial charge in [-0.2, -0.15) is 0 Å². The van der Waals surface area contributed by atoms with Gasteiger partial charge in [-0.25, -0.2) is 0 Å². The molecule has 126 valence electrons. The van der Waals surface area contributed by atoms with Gasteiger partial charge < -0.3 is 15.5 Å². The molecule has 3 aromatic rings. The van der Waals surface area contributed by atoms with E-state index in [0.717, 1.165) is 15.8 Å². The van der Waals surface area contributed by atoms with Gasteiger partial charge in [0, 0.05) is 21.2 Å². The summed E-state index contributed by atoms with van der Waals surface area (Å²) in [6.45, 7) is 0.246. The maximum absolute atomic E-state index is 12.2. The van der Waals surface area contributed by atoms with Gasteiger partial charge in [-0.1, -0.05) is 34.1 Å². The van der Waals surface area contributed by atoms with Crippen LogP contribution in [-0.2, 0) is 6.54 Å². The second kappa shape index (κ2) is 7.36. The van der Waals surface area contributed by atoms with E-state index >= 15 is 0 Å². The zero-order valence-corrected chi connectivity index (χ0v) is 14.7. The molecule has 1 heterocycles. The van der Waals surface area contributed by atoms with E-state index in [9.17, 15) is 9.59 Å². The zero-order chi connectivity index (χ0) is 17.8. The first-order valence-electron chi connectivity index (χ1n) is 7.55. The molecule has 0 saturated carbocycles. The lowest BCUT2D eigenvalue weighted by Gasteiger charge is -2.05. The van der Waals surface area contributed by atoms with Crippen molar-refractivity contribution in [1.29, 1.82) is 0 Å². The molecular formula is C19H15BrN2O3. The molecule has 0 saturated heterocycles. The Morgan fingerprint density at radius 1 is 1.00 bits per heavy atom. The maximum atomic E-state index is 12.2. The van der Waals surface area contributed by atoms with Crippen molar-refractivity contribution in [1.82, 2.24) is 5.32 Å². The highest BCUT2D eigenvalue weighted by Gasteiger charge is 2.10. The van der Waals surface area contributed by atoms with Crippen LogP contribution in [0.5, 0.6) is 0 Å². The summed E-state index contributed by atoms with van der Waals surface area (Å²) < 4.78 is 6.75. The molecule has 6 heteroatoms. The van der Waals surface area contributed by atoms with Gasteiger partial charge in [0.15, 0.2) is 0 Å². The quantitative estimate of drug-likeness (QED) is 0.686. The molecule has 0 radical (unpaired) electrons. The molecule has 3 N–H and O–H groups in total. The Balaban J connectivity index is 1.66. The second-order valence-corrected chi connectivity index (χ2v) is 6.32. The number of rotatable bonds is 5. The predicted octanol–water partition coefficient (Wildman–Crippen LogP) is 3.74. The molecule has 0 atom stereocenters. The molecule has 25 heavy (non-hydrogen) atoms. The fourth-order valence-electron chi connectivity index (χ4n) is 2.33. The lowest BCUT2D eigenvalue weighted by molar-refractivity contribution is 0.0948. The summed E-state index contributed by atoms with van der Waals surface area (Å²) in [4.78, 5) is 23.4. The van der Waals surface area contributed by atoms with E-state index in [2.05, 4.69) is 21.2 Å². The van der Waals surface area contributed by atoms with E-state index in [1.807, 2.05) is 36.4 Å². The standard InChI is InChI=1S/C19H15BrN2O3/c20-15-6-4-12(5-7-15)17-9-8-16(25-17)11-22-19(24)14-3-1-2-13(10-14)18(21)23/h1-10H,11H2,(H2,21,23)(H,22,24). The van der Waals surface area contributed by atoms with Crippen molar-refractivity contribution in [3.8, 4) is 11.3 Å². The average molecular weight is 399 g/mol. The van der Waals surface area contributed by atoms with Crippen LogP contribution in [-0.4, -0.2) is 11.8 Å². The van der Waals surface area contributed by atoms with Gasteiger partial charge in [0.2, 0.25) is 5.91 Å². The van der Waals surface area contributed by atoms with Crippen LogP contribution in [0.4, 0.5) is 0 Å². The third-order valence-electron chi connectivity index (χ3n) is 3.62. The van der Waals surface area contributed by atoms with E-state index in [-0.39, 0.29) is 12.5 Å². The van der Waals surface area contributed by atoms with Crippen molar-refractivity contribution >= 4 is 27.7 Å². The molecule has 1 aromatic heterocycles. The number of amides is 2. The molecule has 0 spiro atoms. The summed E-state index contributed by atoms with van der Waals surface area (Å²) in [5.74, 6) is 0.495. The molecule has 0 fully saturated rings. The van der Waals surface area contributed by atoms with Crippen molar-refractivity contribution < 1.29 is 14.0 Å². The Kier molecular flexibility index (Phi) is 5.00. The van der Waals surface area contributed by atoms with Crippen LogP contribution in [0, 0.1) is 0 Å². The van der Waals surface area contributed by atoms with Crippen molar-refractivity contribution in [2.45, 2.75) is 6.54 Å². The third-order valence-corrected chi connectivity index (χ3v) is 4.15. The number of hydrogen-bond donors (Lipinski definition) is 2. The van der Waals surface area contributed by atoms with Crippen molar-refractivity contribution in [3.05, 3.63) is 82.0 Å². The summed E-state index contributed by atoms with van der Waals surface area (Å²) in [6.07, 6.45) is 0. The first kappa shape index (κ1) is 17.0. The molecular weight excluding hydrogens is 384 g/mol. The zero-order valence-electron chi connectivity index (χ0n) is 13.2. The molecule has 0 unspecified atom stereocenters. The molecule has 2 amide bonds. The van der Waals surface area contributed by atoms with Crippen LogP contribution in [0.3, 0.4) is 0 Å². The molecule has 0 aliphatic heterocycles. The van der Waals surface area contributed by atoms with Crippen molar-refractivity contribution in [3.63, 3.8) is 0 Å². The van der Waals surface area contributed by atoms with Crippen LogP contribution in [0.1, 0.15) is 26.5 Å². The molecule has 0 bridgehead atoms. The topological polar surface area (TPSA) is 85.3 Å². The van der Waals surface area contributed by atoms with Gasteiger partial charge >= 0.3 is 0 Å². The Morgan fingerprint density at radius 3 is 2.44 bits per heavy atom. The number of primary amides is 1. The summed E-state index contributed by atoms with van der Waals surface area (Å²) in [5.41, 5.74) is 6.85. The van der Waals surface area contributed by atoms with Gasteiger partial charge in [-0.15, -0.1) is 0 Å². The number of nitrogens with one attached hydrogen (secondary N) is 1. The van der Waals surface area contributed by atoms with Crippen LogP contribution in [0.2, 0.25) is 0 Å². The van der Waals surface area contributed by atoms with E-state index < -0.39 is 5.91 Å². The smallest absolute Gasteiger partial charge is 0.251 e. The predicted molar refractivity (Wildman–Crippen MR) is 98.0 cm³/mol. The summed E-state index contributed by atoms with van der Waals surface area (Å²) >= 11 is 3.39. The first-order chi connectivity index (χ1) is 12.0. The summed E-state index contributed by atoms with van der Waals surface area (Å²) in [6, 6.07) is 17.7. The van der Waals surface area contributed by atoms with Gasteiger partial charge in [0.25, 0.3) is 5.91 Å². The van der Waals surface area contributed by atoms with Crippen LogP contribution < -0.4 is 11.1 Å². The largest absolute Gasteiger partial charge is 0.459 e. The lowest BCUT2D eigenvalue weighted by atomic mass is 10.1. The van der Waals surface area contributed by atoms with Gasteiger partial charge in [-0.05, 0) is 42.5 Å². The minimum absolute atomic E-state index is 0.246. The molecule has 0 aliphatic carbocycles. The Labute approximate surface area is 153 Å². The fraction of sp³-hybridized carbons (Fsp3) is 0.0526. The SMILES string of the molecule is NC(=O)c1cccc(C(=O)NCc2ccc(-c3ccc(Br)cc3)o2)c1. The van der Waals surface area contributed by atoms with Crippen molar-refractivity contribution in [2.75, 3.05) is 0 Å². The van der Waals surface area contributed by atoms with E-state index in [4.69, 9.17) is 10.2 Å². The molecule has 2 aromatic carbocycles. The minimum Gasteiger partial charge on any atom is -0.459 e. The van der Waals surface area contributed by atoms with E-state index in [0.29, 0.717) is 16.9 Å². The highest BCUT2D eigenvalue weighted by molar-refractivity contribution is 9.10. The highest BCUT2D eigenvalue weighted by atomic mass is 79.9. The number of furan rings is 1. The highest BCUT2D eigenvalue weighted by Crippen LogP contribution is 2.24. The van der Waals surface area contributed by atoms with Crippen LogP contribution in [0.15, 0.2) is 69.6 Å². The maximum Gasteiger partial charge on any atom is 0.251 e. The van der Waals surface area contributed by atoms with Gasteiger partial charge in [0.1, 0.15) is 11.5 Å². The van der Waals surface area contributed by atoms with Crippen LogP contribution >= 0.6 is 15.9 Å². The fourth-order valence-corrected chi connectivity index (χ4v) is 2.59. The molecule has 0 aliphatic rings.